The van der Waals surface area contributed by atoms with Gasteiger partial charge in [0.25, 0.3) is 0 Å². The first kappa shape index (κ1) is 22.4. The van der Waals surface area contributed by atoms with Crippen molar-refractivity contribution >= 4 is 33.3 Å². The molecule has 0 aliphatic carbocycles. The third kappa shape index (κ3) is 4.71. The number of nitrogens with two attached hydrogens (primary N) is 1. The van der Waals surface area contributed by atoms with Gasteiger partial charge in [-0.1, -0.05) is 12.1 Å². The monoisotopic (exact) mass is 465 g/mol. The zero-order valence-electron chi connectivity index (χ0n) is 18.6. The first-order valence-corrected chi connectivity index (χ1v) is 10.9. The lowest BCUT2D eigenvalue weighted by molar-refractivity contribution is -0.117. The molecule has 170 valence electrons. The fourth-order valence-corrected chi connectivity index (χ4v) is 3.97. The summed E-state index contributed by atoms with van der Waals surface area (Å²) in [6.45, 7) is 3.85. The molecule has 10 heteroatoms. The van der Waals surface area contributed by atoms with Crippen LogP contribution in [0.3, 0.4) is 0 Å². The first-order valence-electron chi connectivity index (χ1n) is 10.0. The number of aryl methyl sites for hydroxylation is 2. The summed E-state index contributed by atoms with van der Waals surface area (Å²) in [7, 11) is 3.12. The molecule has 0 fully saturated rings. The predicted octanol–water partition coefficient (Wildman–Crippen LogP) is 4.15. The van der Waals surface area contributed by atoms with Crippen molar-refractivity contribution in [2.75, 3.05) is 19.5 Å². The summed E-state index contributed by atoms with van der Waals surface area (Å²) in [5.41, 5.74) is 8.33. The highest BCUT2D eigenvalue weighted by atomic mass is 32.1. The Balaban J connectivity index is 1.51. The highest BCUT2D eigenvalue weighted by Gasteiger charge is 2.18. The topological polar surface area (TPSA) is 121 Å². The van der Waals surface area contributed by atoms with Crippen LogP contribution in [-0.2, 0) is 4.79 Å². The van der Waals surface area contributed by atoms with Crippen molar-refractivity contribution in [1.29, 1.82) is 0 Å². The molecule has 4 aromatic rings. The quantitative estimate of drug-likeness (QED) is 0.417. The van der Waals surface area contributed by atoms with Crippen LogP contribution in [0.5, 0.6) is 23.1 Å². The maximum absolute atomic E-state index is 12.5. The molecular formula is C23H23N5O4S. The Hall–Kier alpha value is -3.76. The van der Waals surface area contributed by atoms with E-state index in [0.717, 1.165) is 10.6 Å². The molecule has 0 radical (unpaired) electrons. The van der Waals surface area contributed by atoms with Gasteiger partial charge in [-0.05, 0) is 37.6 Å². The molecule has 1 amide bonds. The number of thiazole rings is 1. The Labute approximate surface area is 194 Å². The number of carbonyl (C=O) groups is 1. The third-order valence-electron chi connectivity index (χ3n) is 5.10. The molecule has 4 rings (SSSR count). The summed E-state index contributed by atoms with van der Waals surface area (Å²) in [6.07, 6.45) is 1.42. The van der Waals surface area contributed by atoms with E-state index in [1.807, 2.05) is 13.8 Å². The van der Waals surface area contributed by atoms with Gasteiger partial charge in [0.15, 0.2) is 16.6 Å². The molecule has 0 bridgehead atoms. The number of nitrogens with one attached hydrogen (secondary N) is 1. The molecule has 2 aromatic heterocycles. The Morgan fingerprint density at radius 2 is 1.76 bits per heavy atom. The van der Waals surface area contributed by atoms with Gasteiger partial charge >= 0.3 is 0 Å². The lowest BCUT2D eigenvalue weighted by Crippen LogP contribution is -2.27. The molecule has 0 aliphatic rings. The van der Waals surface area contributed by atoms with Gasteiger partial charge in [0.1, 0.15) is 18.1 Å². The number of hydrogen-bond donors (Lipinski definition) is 2. The molecule has 9 nitrogen and oxygen atoms in total. The number of carbonyl (C=O) groups excluding carboxylic acids is 1. The first-order chi connectivity index (χ1) is 15.9. The summed E-state index contributed by atoms with van der Waals surface area (Å²) in [4.78, 5) is 26.4. The standard InChI is InChI=1S/C23H23N5O4S/c1-12-13(2)33-23(27-12)28-21(29)20(24)14-5-7-15(8-6-14)32-22-16-9-18(30-3)19(31-4)10-17(16)25-11-26-22/h5-11,20H,24H2,1-4H3,(H,27,28,29)/t20-/m0/s1. The number of methoxy groups -OCH3 is 2. The minimum Gasteiger partial charge on any atom is -0.493 e. The SMILES string of the molecule is COc1cc2ncnc(Oc3ccc([C@H](N)C(=O)Nc4nc(C)c(C)s4)cc3)c2cc1OC. The van der Waals surface area contributed by atoms with E-state index in [1.54, 1.807) is 50.6 Å². The summed E-state index contributed by atoms with van der Waals surface area (Å²) >= 11 is 1.42. The van der Waals surface area contributed by atoms with Gasteiger partial charge < -0.3 is 25.3 Å². The van der Waals surface area contributed by atoms with Crippen molar-refractivity contribution in [3.8, 4) is 23.1 Å². The van der Waals surface area contributed by atoms with Gasteiger partial charge in [-0.25, -0.2) is 15.0 Å². The highest BCUT2D eigenvalue weighted by molar-refractivity contribution is 7.15. The normalized spacial score (nSPS) is 11.8. The van der Waals surface area contributed by atoms with E-state index < -0.39 is 6.04 Å². The number of rotatable bonds is 7. The number of amides is 1. The van der Waals surface area contributed by atoms with Crippen molar-refractivity contribution in [2.45, 2.75) is 19.9 Å². The van der Waals surface area contributed by atoms with E-state index >= 15 is 0 Å². The van der Waals surface area contributed by atoms with E-state index in [-0.39, 0.29) is 5.91 Å². The highest BCUT2D eigenvalue weighted by Crippen LogP contribution is 2.35. The number of nitrogens with zero attached hydrogens (tertiary/aromatic N) is 3. The molecule has 1 atom stereocenters. The molecule has 0 spiro atoms. The third-order valence-corrected chi connectivity index (χ3v) is 6.09. The summed E-state index contributed by atoms with van der Waals surface area (Å²) in [5, 5.41) is 3.98. The van der Waals surface area contributed by atoms with Crippen molar-refractivity contribution in [3.05, 3.63) is 58.9 Å². The van der Waals surface area contributed by atoms with Gasteiger partial charge in [0.2, 0.25) is 11.8 Å². The second kappa shape index (κ2) is 9.39. The molecule has 3 N–H and O–H groups in total. The number of ether oxygens (including phenoxy) is 3. The Morgan fingerprint density at radius 3 is 2.39 bits per heavy atom. The molecule has 0 saturated heterocycles. The lowest BCUT2D eigenvalue weighted by Gasteiger charge is -2.13. The fourth-order valence-electron chi connectivity index (χ4n) is 3.16. The van der Waals surface area contributed by atoms with E-state index in [2.05, 4.69) is 20.3 Å². The molecule has 0 aliphatic heterocycles. The van der Waals surface area contributed by atoms with Gasteiger partial charge in [0, 0.05) is 10.9 Å². The molecule has 2 heterocycles. The molecule has 2 aromatic carbocycles. The predicted molar refractivity (Wildman–Crippen MR) is 126 cm³/mol. The van der Waals surface area contributed by atoms with Crippen LogP contribution in [-0.4, -0.2) is 35.1 Å². The van der Waals surface area contributed by atoms with Crippen LogP contribution in [0.1, 0.15) is 22.2 Å². The van der Waals surface area contributed by atoms with Crippen molar-refractivity contribution in [1.82, 2.24) is 15.0 Å². The average Bonchev–Trinajstić information content (AvgIpc) is 3.14. The minimum absolute atomic E-state index is 0.333. The van der Waals surface area contributed by atoms with Crippen molar-refractivity contribution in [3.63, 3.8) is 0 Å². The van der Waals surface area contributed by atoms with E-state index in [1.165, 1.54) is 17.7 Å². The van der Waals surface area contributed by atoms with Gasteiger partial charge in [0.05, 0.1) is 30.8 Å². The van der Waals surface area contributed by atoms with E-state index in [0.29, 0.717) is 44.7 Å². The summed E-state index contributed by atoms with van der Waals surface area (Å²) < 4.78 is 16.7. The smallest absolute Gasteiger partial charge is 0.247 e. The summed E-state index contributed by atoms with van der Waals surface area (Å²) in [6, 6.07) is 9.62. The maximum atomic E-state index is 12.5. The lowest BCUT2D eigenvalue weighted by atomic mass is 10.1. The second-order valence-corrected chi connectivity index (χ2v) is 8.40. The van der Waals surface area contributed by atoms with Crippen molar-refractivity contribution < 1.29 is 19.0 Å². The fraction of sp³-hybridized carbons (Fsp3) is 0.217. The molecule has 0 unspecified atom stereocenters. The Bertz CT molecular complexity index is 1290. The summed E-state index contributed by atoms with van der Waals surface area (Å²) in [5.74, 6) is 1.68. The number of aromatic nitrogens is 3. The van der Waals surface area contributed by atoms with Crippen LogP contribution in [0.15, 0.2) is 42.7 Å². The van der Waals surface area contributed by atoms with Gasteiger partial charge in [-0.15, -0.1) is 11.3 Å². The van der Waals surface area contributed by atoms with Gasteiger partial charge in [-0.3, -0.25) is 4.79 Å². The zero-order valence-corrected chi connectivity index (χ0v) is 19.4. The molecular weight excluding hydrogens is 442 g/mol. The molecule has 33 heavy (non-hydrogen) atoms. The van der Waals surface area contributed by atoms with Crippen LogP contribution in [0.25, 0.3) is 10.9 Å². The van der Waals surface area contributed by atoms with Crippen LogP contribution in [0, 0.1) is 13.8 Å². The van der Waals surface area contributed by atoms with Crippen LogP contribution in [0.4, 0.5) is 5.13 Å². The van der Waals surface area contributed by atoms with Crippen LogP contribution in [0.2, 0.25) is 0 Å². The van der Waals surface area contributed by atoms with E-state index in [4.69, 9.17) is 19.9 Å². The van der Waals surface area contributed by atoms with Gasteiger partial charge in [-0.2, -0.15) is 0 Å². The zero-order chi connectivity index (χ0) is 23.5. The Morgan fingerprint density at radius 1 is 1.06 bits per heavy atom. The number of anilines is 1. The van der Waals surface area contributed by atoms with Crippen LogP contribution >= 0.6 is 11.3 Å². The van der Waals surface area contributed by atoms with E-state index in [9.17, 15) is 4.79 Å². The van der Waals surface area contributed by atoms with Crippen molar-refractivity contribution in [2.24, 2.45) is 5.73 Å². The Kier molecular flexibility index (Phi) is 6.38. The second-order valence-electron chi connectivity index (χ2n) is 7.20. The minimum atomic E-state index is -0.847. The molecule has 0 saturated carbocycles. The maximum Gasteiger partial charge on any atom is 0.247 e. The average molecular weight is 466 g/mol. The number of fused-ring (bicyclic) bond motifs is 1. The number of benzene rings is 2. The van der Waals surface area contributed by atoms with Crippen LogP contribution < -0.4 is 25.3 Å². The number of hydrogen-bond acceptors (Lipinski definition) is 9. The largest absolute Gasteiger partial charge is 0.493 e.